The second-order valence-electron chi connectivity index (χ2n) is 8.25. The maximum Gasteiger partial charge on any atom is 0.0333 e. The Kier molecular flexibility index (Phi) is 5.04. The van der Waals surface area contributed by atoms with E-state index in [2.05, 4.69) is 133 Å². The van der Waals surface area contributed by atoms with Crippen LogP contribution in [0.2, 0.25) is 0 Å². The van der Waals surface area contributed by atoms with E-state index in [0.717, 1.165) is 11.1 Å². The average molecular weight is 429 g/mol. The van der Waals surface area contributed by atoms with Crippen LogP contribution in [-0.4, -0.2) is 0 Å². The summed E-state index contributed by atoms with van der Waals surface area (Å²) in [7, 11) is 0. The van der Waals surface area contributed by atoms with E-state index >= 15 is 0 Å². The van der Waals surface area contributed by atoms with Gasteiger partial charge < -0.3 is 0 Å². The number of benzene rings is 6. The van der Waals surface area contributed by atoms with E-state index in [4.69, 9.17) is 0 Å². The summed E-state index contributed by atoms with van der Waals surface area (Å²) < 4.78 is 0. The average Bonchev–Trinajstić information content (AvgIpc) is 2.90. The molecular weight excluding hydrogens is 408 g/mol. The Morgan fingerprint density at radius 3 is 1.18 bits per heavy atom. The molecule has 0 aliphatic rings. The van der Waals surface area contributed by atoms with Gasteiger partial charge in [0.05, 0.1) is 0 Å². The van der Waals surface area contributed by atoms with Crippen LogP contribution in [0.5, 0.6) is 0 Å². The van der Waals surface area contributed by atoms with Crippen LogP contribution >= 0.6 is 0 Å². The minimum absolute atomic E-state index is 1.03. The number of hydrogen-bond donors (Lipinski definition) is 0. The second kappa shape index (κ2) is 8.63. The van der Waals surface area contributed by atoms with Crippen molar-refractivity contribution in [2.24, 2.45) is 0 Å². The highest BCUT2D eigenvalue weighted by Gasteiger charge is 2.05. The van der Waals surface area contributed by atoms with Crippen LogP contribution in [-0.2, 0) is 0 Å². The maximum absolute atomic E-state index is 3.33. The van der Waals surface area contributed by atoms with Gasteiger partial charge in [-0.25, -0.2) is 0 Å². The van der Waals surface area contributed by atoms with Crippen molar-refractivity contribution in [1.29, 1.82) is 0 Å². The number of fused-ring (bicyclic) bond motifs is 6. The third-order valence-electron chi connectivity index (χ3n) is 6.20. The number of hydrogen-bond acceptors (Lipinski definition) is 0. The van der Waals surface area contributed by atoms with Gasteiger partial charge in [-0.05, 0) is 67.4 Å². The second-order valence-corrected chi connectivity index (χ2v) is 8.25. The van der Waals surface area contributed by atoms with E-state index in [-0.39, 0.29) is 0 Å². The Bertz CT molecular complexity index is 1720. The molecule has 34 heavy (non-hydrogen) atoms. The molecule has 0 N–H and O–H groups in total. The first-order chi connectivity index (χ1) is 16.9. The lowest BCUT2D eigenvalue weighted by Crippen LogP contribution is -1.83. The molecule has 0 bridgehead atoms. The predicted molar refractivity (Wildman–Crippen MR) is 146 cm³/mol. The molecule has 0 aliphatic carbocycles. The van der Waals surface area contributed by atoms with Crippen LogP contribution in [0, 0.1) is 23.7 Å². The molecule has 0 saturated carbocycles. The maximum atomic E-state index is 3.33. The Balaban J connectivity index is 1.35. The van der Waals surface area contributed by atoms with E-state index in [1.165, 1.54) is 43.1 Å². The van der Waals surface area contributed by atoms with Crippen LogP contribution in [0.15, 0.2) is 121 Å². The Hall–Kier alpha value is -4.78. The molecule has 0 aliphatic heterocycles. The monoisotopic (exact) mass is 428 g/mol. The fraction of sp³-hybridized carbons (Fsp3) is 0. The Morgan fingerprint density at radius 2 is 0.735 bits per heavy atom. The zero-order chi connectivity index (χ0) is 22.7. The van der Waals surface area contributed by atoms with Gasteiger partial charge in [0.2, 0.25) is 0 Å². The fourth-order valence-corrected chi connectivity index (χ4v) is 4.64. The fourth-order valence-electron chi connectivity index (χ4n) is 4.64. The first kappa shape index (κ1) is 19.9. The first-order valence-electron chi connectivity index (χ1n) is 11.4. The van der Waals surface area contributed by atoms with Crippen molar-refractivity contribution in [2.45, 2.75) is 0 Å². The molecule has 6 aromatic rings. The lowest BCUT2D eigenvalue weighted by atomic mass is 9.97. The quantitative estimate of drug-likeness (QED) is 0.169. The summed E-state index contributed by atoms with van der Waals surface area (Å²) in [5.74, 6) is 13.0. The van der Waals surface area contributed by atoms with Crippen molar-refractivity contribution in [3.8, 4) is 23.7 Å². The van der Waals surface area contributed by atoms with Gasteiger partial charge in [0, 0.05) is 11.1 Å². The van der Waals surface area contributed by atoms with Crippen LogP contribution in [0.4, 0.5) is 0 Å². The largest absolute Gasteiger partial charge is 0.0689 e. The molecule has 0 atom stereocenters. The van der Waals surface area contributed by atoms with Crippen LogP contribution in [0.1, 0.15) is 11.1 Å². The molecule has 0 fully saturated rings. The van der Waals surface area contributed by atoms with Gasteiger partial charge in [-0.2, -0.15) is 0 Å². The summed E-state index contributed by atoms with van der Waals surface area (Å²) >= 11 is 0. The van der Waals surface area contributed by atoms with E-state index in [1.807, 2.05) is 12.2 Å². The summed E-state index contributed by atoms with van der Waals surface area (Å²) in [6.45, 7) is 0. The molecule has 0 radical (unpaired) electrons. The molecule has 0 heteroatoms. The molecular formula is C34H20. The van der Waals surface area contributed by atoms with E-state index < -0.39 is 0 Å². The van der Waals surface area contributed by atoms with Gasteiger partial charge in [0.1, 0.15) is 0 Å². The van der Waals surface area contributed by atoms with Gasteiger partial charge in [-0.1, -0.05) is 121 Å². The van der Waals surface area contributed by atoms with Crippen molar-refractivity contribution in [3.63, 3.8) is 0 Å². The molecule has 0 nitrogen and oxygen atoms in total. The van der Waals surface area contributed by atoms with Crippen LogP contribution < -0.4 is 0 Å². The molecule has 0 amide bonds. The zero-order valence-electron chi connectivity index (χ0n) is 18.5. The summed E-state index contributed by atoms with van der Waals surface area (Å²) in [4.78, 5) is 0. The minimum atomic E-state index is 1.03. The SMILES string of the molecule is C(#Cc1cc2ccccc2c2ccccc12)/C=C\C#Cc1cc2ccccc2c2ccccc12. The predicted octanol–water partition coefficient (Wildman–Crippen LogP) is 8.26. The Labute approximate surface area is 199 Å². The van der Waals surface area contributed by atoms with Crippen molar-refractivity contribution < 1.29 is 0 Å². The molecule has 0 unspecified atom stereocenters. The third kappa shape index (κ3) is 3.59. The van der Waals surface area contributed by atoms with Gasteiger partial charge in [-0.3, -0.25) is 0 Å². The summed E-state index contributed by atoms with van der Waals surface area (Å²) in [5, 5.41) is 9.75. The van der Waals surface area contributed by atoms with Crippen molar-refractivity contribution in [1.82, 2.24) is 0 Å². The van der Waals surface area contributed by atoms with Gasteiger partial charge in [-0.15, -0.1) is 0 Å². The number of rotatable bonds is 0. The molecule has 6 aromatic carbocycles. The first-order valence-corrected chi connectivity index (χ1v) is 11.4. The number of allylic oxidation sites excluding steroid dienone is 2. The standard InChI is InChI=1S/C34H20/c1(3-13-25-23-27-15-5-7-17-29(27)33-21-11-9-19-31(25)33)2-4-14-26-24-28-16-6-8-18-30(28)34-22-12-10-20-32(26)34/h1-2,5-12,15-24H/b2-1-. The van der Waals surface area contributed by atoms with E-state index in [9.17, 15) is 0 Å². The summed E-state index contributed by atoms with van der Waals surface area (Å²) in [5.41, 5.74) is 2.07. The van der Waals surface area contributed by atoms with Crippen molar-refractivity contribution >= 4 is 43.1 Å². The smallest absolute Gasteiger partial charge is 0.0333 e. The molecule has 156 valence electrons. The van der Waals surface area contributed by atoms with Gasteiger partial charge >= 0.3 is 0 Å². The lowest BCUT2D eigenvalue weighted by molar-refractivity contribution is 1.73. The molecule has 0 spiro atoms. The van der Waals surface area contributed by atoms with E-state index in [0.29, 0.717) is 0 Å². The van der Waals surface area contributed by atoms with Crippen LogP contribution in [0.3, 0.4) is 0 Å². The van der Waals surface area contributed by atoms with Gasteiger partial charge in [0.15, 0.2) is 0 Å². The molecule has 6 rings (SSSR count). The molecule has 0 heterocycles. The topological polar surface area (TPSA) is 0 Å². The van der Waals surface area contributed by atoms with E-state index in [1.54, 1.807) is 0 Å². The van der Waals surface area contributed by atoms with Crippen molar-refractivity contribution in [2.75, 3.05) is 0 Å². The molecule has 0 saturated heterocycles. The highest BCUT2D eigenvalue weighted by molar-refractivity contribution is 6.10. The normalized spacial score (nSPS) is 10.9. The lowest BCUT2D eigenvalue weighted by Gasteiger charge is -2.06. The summed E-state index contributed by atoms with van der Waals surface area (Å²) in [6.07, 6.45) is 3.67. The minimum Gasteiger partial charge on any atom is -0.0689 e. The summed E-state index contributed by atoms with van der Waals surface area (Å²) in [6, 6.07) is 38.2. The highest BCUT2D eigenvalue weighted by atomic mass is 14.1. The van der Waals surface area contributed by atoms with Crippen LogP contribution in [0.25, 0.3) is 43.1 Å². The zero-order valence-corrected chi connectivity index (χ0v) is 18.5. The van der Waals surface area contributed by atoms with Crippen molar-refractivity contribution in [3.05, 3.63) is 132 Å². The van der Waals surface area contributed by atoms with Gasteiger partial charge in [0.25, 0.3) is 0 Å². The Morgan fingerprint density at radius 1 is 0.382 bits per heavy atom. The highest BCUT2D eigenvalue weighted by Crippen LogP contribution is 2.29. The third-order valence-corrected chi connectivity index (χ3v) is 6.20. The molecule has 0 aromatic heterocycles.